The van der Waals surface area contributed by atoms with E-state index in [1.165, 1.54) is 11.1 Å². The van der Waals surface area contributed by atoms with Gasteiger partial charge in [0, 0.05) is 5.56 Å². The van der Waals surface area contributed by atoms with E-state index in [0.29, 0.717) is 5.56 Å². The van der Waals surface area contributed by atoms with Crippen LogP contribution in [0, 0.1) is 11.3 Å². The van der Waals surface area contributed by atoms with Crippen molar-refractivity contribution in [3.05, 3.63) is 65.7 Å². The van der Waals surface area contributed by atoms with Gasteiger partial charge in [0.25, 0.3) is 10.0 Å². The Hall–Kier alpha value is -2.98. The molecule has 0 atom stereocenters. The molecule has 0 aliphatic carbocycles. The predicted octanol–water partition coefficient (Wildman–Crippen LogP) is 2.39. The molecule has 0 saturated carbocycles. The minimum Gasteiger partial charge on any atom is -0.246 e. The SMILES string of the molecule is N#CCCN(/N=C\c1ccccc1)C1=NS(=O)(=O)c2ccccc21. The topological polar surface area (TPSA) is 85.9 Å². The number of sulfonamides is 1. The summed E-state index contributed by atoms with van der Waals surface area (Å²) in [5.41, 5.74) is 1.37. The van der Waals surface area contributed by atoms with Gasteiger partial charge < -0.3 is 0 Å². The van der Waals surface area contributed by atoms with Gasteiger partial charge >= 0.3 is 0 Å². The first-order valence-electron chi connectivity index (χ1n) is 7.30. The Morgan fingerprint density at radius 2 is 1.83 bits per heavy atom. The zero-order valence-corrected chi connectivity index (χ0v) is 13.5. The predicted molar refractivity (Wildman–Crippen MR) is 91.1 cm³/mol. The van der Waals surface area contributed by atoms with Crippen LogP contribution in [-0.4, -0.2) is 32.0 Å². The molecule has 0 fully saturated rings. The number of hydrazone groups is 1. The number of hydrogen-bond acceptors (Lipinski definition) is 5. The third-order valence-corrected chi connectivity index (χ3v) is 4.76. The number of rotatable bonds is 4. The lowest BCUT2D eigenvalue weighted by Crippen LogP contribution is -2.27. The zero-order valence-electron chi connectivity index (χ0n) is 12.7. The Bertz CT molecular complexity index is 944. The highest BCUT2D eigenvalue weighted by Crippen LogP contribution is 2.27. The summed E-state index contributed by atoms with van der Waals surface area (Å²) in [6.45, 7) is 0.253. The summed E-state index contributed by atoms with van der Waals surface area (Å²) < 4.78 is 28.2. The van der Waals surface area contributed by atoms with Crippen molar-refractivity contribution >= 4 is 22.1 Å². The maximum Gasteiger partial charge on any atom is 0.285 e. The molecule has 0 aromatic heterocycles. The monoisotopic (exact) mass is 338 g/mol. The summed E-state index contributed by atoms with van der Waals surface area (Å²) in [6, 6.07) is 18.1. The Labute approximate surface area is 140 Å². The van der Waals surface area contributed by atoms with E-state index in [9.17, 15) is 8.42 Å². The average molecular weight is 338 g/mol. The average Bonchev–Trinajstić information content (AvgIpc) is 2.88. The molecule has 2 aromatic carbocycles. The molecule has 120 valence electrons. The summed E-state index contributed by atoms with van der Waals surface area (Å²) in [6.07, 6.45) is 1.82. The molecule has 0 spiro atoms. The fourth-order valence-corrected chi connectivity index (χ4v) is 3.53. The Morgan fingerprint density at radius 3 is 2.58 bits per heavy atom. The van der Waals surface area contributed by atoms with Gasteiger partial charge in [0.1, 0.15) is 4.90 Å². The van der Waals surface area contributed by atoms with E-state index in [2.05, 4.69) is 9.50 Å². The van der Waals surface area contributed by atoms with Crippen LogP contribution in [0.5, 0.6) is 0 Å². The largest absolute Gasteiger partial charge is 0.285 e. The smallest absolute Gasteiger partial charge is 0.246 e. The fraction of sp³-hybridized carbons (Fsp3) is 0.118. The molecule has 7 heteroatoms. The molecule has 0 radical (unpaired) electrons. The second-order valence-corrected chi connectivity index (χ2v) is 6.65. The molecule has 2 aromatic rings. The van der Waals surface area contributed by atoms with Crippen LogP contribution in [0.3, 0.4) is 0 Å². The number of nitriles is 1. The van der Waals surface area contributed by atoms with Gasteiger partial charge in [0.2, 0.25) is 0 Å². The van der Waals surface area contributed by atoms with Gasteiger partial charge in [0.15, 0.2) is 5.84 Å². The van der Waals surface area contributed by atoms with Crippen molar-refractivity contribution in [3.63, 3.8) is 0 Å². The fourth-order valence-electron chi connectivity index (χ4n) is 2.32. The highest BCUT2D eigenvalue weighted by molar-refractivity contribution is 7.90. The first-order valence-corrected chi connectivity index (χ1v) is 8.74. The van der Waals surface area contributed by atoms with Crippen LogP contribution < -0.4 is 0 Å². The minimum absolute atomic E-state index is 0.164. The first kappa shape index (κ1) is 15.9. The van der Waals surface area contributed by atoms with E-state index in [0.717, 1.165) is 5.56 Å². The molecule has 0 N–H and O–H groups in total. The minimum atomic E-state index is -3.72. The molecule has 6 nitrogen and oxygen atoms in total. The van der Waals surface area contributed by atoms with Gasteiger partial charge in [-0.25, -0.2) is 5.01 Å². The third-order valence-electron chi connectivity index (χ3n) is 3.44. The van der Waals surface area contributed by atoms with Gasteiger partial charge in [-0.15, -0.1) is 4.40 Å². The van der Waals surface area contributed by atoms with Crippen LogP contribution >= 0.6 is 0 Å². The summed E-state index contributed by atoms with van der Waals surface area (Å²) in [4.78, 5) is 0.164. The van der Waals surface area contributed by atoms with E-state index >= 15 is 0 Å². The van der Waals surface area contributed by atoms with Crippen molar-refractivity contribution in [1.82, 2.24) is 5.01 Å². The number of fused-ring (bicyclic) bond motifs is 1. The zero-order chi connectivity index (χ0) is 17.0. The lowest BCUT2D eigenvalue weighted by molar-refractivity contribution is 0.459. The van der Waals surface area contributed by atoms with Crippen LogP contribution in [0.15, 0.2) is 69.0 Å². The lowest BCUT2D eigenvalue weighted by Gasteiger charge is -2.17. The van der Waals surface area contributed by atoms with Gasteiger partial charge in [-0.3, -0.25) is 0 Å². The van der Waals surface area contributed by atoms with Gasteiger partial charge in [-0.2, -0.15) is 18.8 Å². The van der Waals surface area contributed by atoms with Crippen molar-refractivity contribution in [3.8, 4) is 6.07 Å². The molecular weight excluding hydrogens is 324 g/mol. The van der Waals surface area contributed by atoms with E-state index in [4.69, 9.17) is 5.26 Å². The van der Waals surface area contributed by atoms with E-state index in [1.54, 1.807) is 24.4 Å². The van der Waals surface area contributed by atoms with Crippen molar-refractivity contribution < 1.29 is 8.42 Å². The number of hydrogen-bond donors (Lipinski definition) is 0. The Kier molecular flexibility index (Phi) is 4.40. The highest BCUT2D eigenvalue weighted by atomic mass is 32.2. The molecule has 0 amide bonds. The van der Waals surface area contributed by atoms with E-state index < -0.39 is 10.0 Å². The molecule has 0 unspecified atom stereocenters. The molecule has 0 bridgehead atoms. The maximum atomic E-state index is 12.2. The van der Waals surface area contributed by atoms with Crippen LogP contribution in [0.4, 0.5) is 0 Å². The molecule has 0 saturated heterocycles. The van der Waals surface area contributed by atoms with Gasteiger partial charge in [-0.1, -0.05) is 42.5 Å². The third kappa shape index (κ3) is 3.19. The van der Waals surface area contributed by atoms with Crippen LogP contribution in [0.1, 0.15) is 17.5 Å². The van der Waals surface area contributed by atoms with Crippen LogP contribution in [0.2, 0.25) is 0 Å². The van der Waals surface area contributed by atoms with Gasteiger partial charge in [-0.05, 0) is 17.7 Å². The molecule has 1 aliphatic heterocycles. The highest BCUT2D eigenvalue weighted by Gasteiger charge is 2.31. The quantitative estimate of drug-likeness (QED) is 0.633. The molecular formula is C17H14N4O2S. The lowest BCUT2D eigenvalue weighted by atomic mass is 10.2. The van der Waals surface area contributed by atoms with Crippen LogP contribution in [0.25, 0.3) is 0 Å². The molecule has 24 heavy (non-hydrogen) atoms. The summed E-state index contributed by atoms with van der Waals surface area (Å²) in [5, 5.41) is 14.7. The summed E-state index contributed by atoms with van der Waals surface area (Å²) >= 11 is 0. The normalized spacial score (nSPS) is 14.9. The molecule has 1 aliphatic rings. The first-order chi connectivity index (χ1) is 11.6. The number of benzene rings is 2. The number of nitrogens with zero attached hydrogens (tertiary/aromatic N) is 4. The maximum absolute atomic E-state index is 12.2. The van der Waals surface area contributed by atoms with Gasteiger partial charge in [0.05, 0.1) is 25.2 Å². The standard InChI is InChI=1S/C17H14N4O2S/c18-11-6-12-21(19-13-14-7-2-1-3-8-14)17-15-9-4-5-10-16(15)24(22,23)20-17/h1-5,7-10,13H,6,12H2/b19-13-. The van der Waals surface area contributed by atoms with Crippen molar-refractivity contribution in [2.24, 2.45) is 9.50 Å². The summed E-state index contributed by atoms with van der Waals surface area (Å²) in [7, 11) is -3.72. The Balaban J connectivity index is 1.98. The van der Waals surface area contributed by atoms with Crippen molar-refractivity contribution in [2.75, 3.05) is 6.54 Å². The van der Waals surface area contributed by atoms with Crippen LogP contribution in [-0.2, 0) is 10.0 Å². The second-order valence-electron chi connectivity index (χ2n) is 5.07. The molecule has 1 heterocycles. The molecule has 3 rings (SSSR count). The van der Waals surface area contributed by atoms with Crippen molar-refractivity contribution in [2.45, 2.75) is 11.3 Å². The van der Waals surface area contributed by atoms with E-state index in [1.807, 2.05) is 36.4 Å². The Morgan fingerprint density at radius 1 is 1.12 bits per heavy atom. The second kappa shape index (κ2) is 6.64. The van der Waals surface area contributed by atoms with E-state index in [-0.39, 0.29) is 23.7 Å². The van der Waals surface area contributed by atoms with Crippen molar-refractivity contribution in [1.29, 1.82) is 5.26 Å². The number of amidine groups is 1. The summed E-state index contributed by atoms with van der Waals surface area (Å²) in [5.74, 6) is 0.244.